The molecule has 2 rings (SSSR count). The number of hydrogen-bond donors (Lipinski definition) is 0. The lowest BCUT2D eigenvalue weighted by Gasteiger charge is -2.20. The summed E-state index contributed by atoms with van der Waals surface area (Å²) in [5, 5.41) is 0.393. The van der Waals surface area contributed by atoms with Crippen LogP contribution in [-0.4, -0.2) is 25.1 Å². The zero-order valence-corrected chi connectivity index (χ0v) is 15.5. The molecule has 0 amide bonds. The second-order valence-electron chi connectivity index (χ2n) is 4.20. The van der Waals surface area contributed by atoms with E-state index in [1.54, 1.807) is 0 Å². The maximum absolute atomic E-state index is 12.7. The number of benzene rings is 1. The molecule has 0 atom stereocenters. The molecular weight excluding hydrogens is 417 g/mol. The van der Waals surface area contributed by atoms with E-state index in [9.17, 15) is 8.42 Å². The zero-order chi connectivity index (χ0) is 15.5. The molecule has 0 saturated heterocycles. The lowest BCUT2D eigenvalue weighted by molar-refractivity contribution is 0.426. The third kappa shape index (κ3) is 4.21. The van der Waals surface area contributed by atoms with Gasteiger partial charge in [0, 0.05) is 19.0 Å². The molecule has 0 saturated carbocycles. The van der Waals surface area contributed by atoms with Crippen molar-refractivity contribution in [3.8, 4) is 0 Å². The van der Waals surface area contributed by atoms with Crippen LogP contribution in [0.1, 0.15) is 5.56 Å². The van der Waals surface area contributed by atoms with Gasteiger partial charge in [0.15, 0.2) is 0 Å². The third-order valence-electron chi connectivity index (χ3n) is 2.75. The summed E-state index contributed by atoms with van der Waals surface area (Å²) < 4.78 is 27.6. The first kappa shape index (κ1) is 17.2. The highest BCUT2D eigenvalue weighted by molar-refractivity contribution is 9.11. The molecule has 0 aliphatic heterocycles. The summed E-state index contributed by atoms with van der Waals surface area (Å²) in [5.74, 6) is 0.229. The van der Waals surface area contributed by atoms with E-state index >= 15 is 0 Å². The van der Waals surface area contributed by atoms with Gasteiger partial charge in [-0.2, -0.15) is 4.31 Å². The molecule has 0 unspecified atom stereocenters. The lowest BCUT2D eigenvalue weighted by Crippen LogP contribution is -2.31. The van der Waals surface area contributed by atoms with Gasteiger partial charge in [-0.05, 0) is 27.6 Å². The van der Waals surface area contributed by atoms with Gasteiger partial charge in [-0.15, -0.1) is 22.9 Å². The molecule has 2 aromatic rings. The second-order valence-corrected chi connectivity index (χ2v) is 9.52. The molecule has 0 spiro atoms. The Morgan fingerprint density at radius 3 is 2.43 bits per heavy atom. The van der Waals surface area contributed by atoms with Crippen molar-refractivity contribution in [2.75, 3.05) is 12.4 Å². The van der Waals surface area contributed by atoms with Crippen LogP contribution in [0.4, 0.5) is 0 Å². The second kappa shape index (κ2) is 7.44. The van der Waals surface area contributed by atoms with Crippen LogP contribution in [0.3, 0.4) is 0 Å². The van der Waals surface area contributed by atoms with E-state index in [0.717, 1.165) is 16.9 Å². The zero-order valence-electron chi connectivity index (χ0n) is 10.8. The number of rotatable bonds is 6. The molecule has 0 aliphatic carbocycles. The van der Waals surface area contributed by atoms with E-state index in [1.165, 1.54) is 10.4 Å². The predicted octanol–water partition coefficient (Wildman–Crippen LogP) is 4.59. The van der Waals surface area contributed by atoms with Gasteiger partial charge >= 0.3 is 0 Å². The minimum atomic E-state index is -3.61. The normalized spacial score (nSPS) is 12.0. The van der Waals surface area contributed by atoms with E-state index in [2.05, 4.69) is 15.9 Å². The monoisotopic (exact) mass is 427 g/mol. The van der Waals surface area contributed by atoms with Crippen molar-refractivity contribution in [1.82, 2.24) is 4.31 Å². The maximum Gasteiger partial charge on any atom is 0.252 e. The van der Waals surface area contributed by atoms with E-state index < -0.39 is 10.0 Å². The van der Waals surface area contributed by atoms with Crippen molar-refractivity contribution in [3.63, 3.8) is 0 Å². The smallest absolute Gasteiger partial charge is 0.206 e. The Bertz CT molecular complexity index is 685. The molecule has 0 N–H and O–H groups in total. The van der Waals surface area contributed by atoms with Gasteiger partial charge in [-0.1, -0.05) is 41.9 Å². The molecule has 1 heterocycles. The standard InChI is InChI=1S/C13H12BrCl2NO2S2/c14-13-11(16)8-12(20-13)21(18,19)17(7-6-15)9-10-4-2-1-3-5-10/h1-5,8H,6-7,9H2. The maximum atomic E-state index is 12.7. The van der Waals surface area contributed by atoms with E-state index in [-0.39, 0.29) is 23.2 Å². The SMILES string of the molecule is O=S(=O)(c1cc(Cl)c(Br)s1)N(CCCl)Cc1ccccc1. The predicted molar refractivity (Wildman–Crippen MR) is 91.8 cm³/mol. The van der Waals surface area contributed by atoms with Gasteiger partial charge in [0.2, 0.25) is 0 Å². The topological polar surface area (TPSA) is 37.4 Å². The van der Waals surface area contributed by atoms with Crippen molar-refractivity contribution in [2.24, 2.45) is 0 Å². The highest BCUT2D eigenvalue weighted by Gasteiger charge is 2.27. The molecule has 8 heteroatoms. The van der Waals surface area contributed by atoms with Crippen LogP contribution < -0.4 is 0 Å². The van der Waals surface area contributed by atoms with Crippen LogP contribution in [0, 0.1) is 0 Å². The summed E-state index contributed by atoms with van der Waals surface area (Å²) >= 11 is 16.0. The van der Waals surface area contributed by atoms with Gasteiger partial charge in [0.25, 0.3) is 10.0 Å². The first-order chi connectivity index (χ1) is 9.95. The molecule has 1 aromatic carbocycles. The lowest BCUT2D eigenvalue weighted by atomic mass is 10.2. The van der Waals surface area contributed by atoms with Crippen molar-refractivity contribution in [3.05, 3.63) is 50.8 Å². The van der Waals surface area contributed by atoms with Crippen LogP contribution in [-0.2, 0) is 16.6 Å². The number of halogens is 3. The summed E-state index contributed by atoms with van der Waals surface area (Å²) in [7, 11) is -3.61. The highest BCUT2D eigenvalue weighted by Crippen LogP contribution is 2.36. The van der Waals surface area contributed by atoms with Gasteiger partial charge in [-0.3, -0.25) is 0 Å². The van der Waals surface area contributed by atoms with Crippen LogP contribution in [0.15, 0.2) is 44.4 Å². The van der Waals surface area contributed by atoms with Gasteiger partial charge in [-0.25, -0.2) is 8.42 Å². The quantitative estimate of drug-likeness (QED) is 0.630. The van der Waals surface area contributed by atoms with Crippen molar-refractivity contribution in [1.29, 1.82) is 0 Å². The Morgan fingerprint density at radius 1 is 1.24 bits per heavy atom. The van der Waals surface area contributed by atoms with Crippen molar-refractivity contribution in [2.45, 2.75) is 10.8 Å². The van der Waals surface area contributed by atoms with Crippen LogP contribution in [0.25, 0.3) is 0 Å². The molecule has 21 heavy (non-hydrogen) atoms. The summed E-state index contributed by atoms with van der Waals surface area (Å²) in [4.78, 5) is 0. The third-order valence-corrected chi connectivity index (χ3v) is 7.69. The number of hydrogen-bond acceptors (Lipinski definition) is 3. The van der Waals surface area contributed by atoms with Crippen LogP contribution >= 0.6 is 50.5 Å². The van der Waals surface area contributed by atoms with Gasteiger partial charge in [0.1, 0.15) is 4.21 Å². The first-order valence-electron chi connectivity index (χ1n) is 6.00. The molecule has 0 aliphatic rings. The van der Waals surface area contributed by atoms with E-state index in [4.69, 9.17) is 23.2 Å². The van der Waals surface area contributed by atoms with Crippen molar-refractivity contribution < 1.29 is 8.42 Å². The highest BCUT2D eigenvalue weighted by atomic mass is 79.9. The molecule has 114 valence electrons. The Morgan fingerprint density at radius 2 is 1.90 bits per heavy atom. The Balaban J connectivity index is 2.32. The fourth-order valence-electron chi connectivity index (χ4n) is 1.75. The average Bonchev–Trinajstić information content (AvgIpc) is 2.80. The van der Waals surface area contributed by atoms with Crippen molar-refractivity contribution >= 4 is 60.5 Å². The van der Waals surface area contributed by atoms with E-state index in [1.807, 2.05) is 30.3 Å². The number of nitrogens with zero attached hydrogens (tertiary/aromatic N) is 1. The fraction of sp³-hybridized carbons (Fsp3) is 0.231. The van der Waals surface area contributed by atoms with E-state index in [0.29, 0.717) is 8.81 Å². The summed E-state index contributed by atoms with van der Waals surface area (Å²) in [6, 6.07) is 10.9. The molecular formula is C13H12BrCl2NO2S2. The molecule has 0 fully saturated rings. The van der Waals surface area contributed by atoms with Gasteiger partial charge in [0.05, 0.1) is 8.81 Å². The first-order valence-corrected chi connectivity index (χ1v) is 9.96. The summed E-state index contributed by atoms with van der Waals surface area (Å²) in [6.45, 7) is 0.523. The average molecular weight is 429 g/mol. The molecule has 3 nitrogen and oxygen atoms in total. The summed E-state index contributed by atoms with van der Waals surface area (Å²) in [6.07, 6.45) is 0. The Kier molecular flexibility index (Phi) is 6.11. The fourth-order valence-corrected chi connectivity index (χ4v) is 6.03. The van der Waals surface area contributed by atoms with Crippen LogP contribution in [0.2, 0.25) is 5.02 Å². The van der Waals surface area contributed by atoms with Gasteiger partial charge < -0.3 is 0 Å². The number of sulfonamides is 1. The molecule has 1 aromatic heterocycles. The Labute approximate surface area is 146 Å². The number of thiophene rings is 1. The largest absolute Gasteiger partial charge is 0.252 e. The Hall–Kier alpha value is -0.110. The van der Waals surface area contributed by atoms with Crippen LogP contribution in [0.5, 0.6) is 0 Å². The summed E-state index contributed by atoms with van der Waals surface area (Å²) in [5.41, 5.74) is 0.910. The molecule has 0 radical (unpaired) electrons. The minimum absolute atomic E-state index is 0.209. The minimum Gasteiger partial charge on any atom is -0.206 e. The number of alkyl halides is 1. The molecule has 0 bridgehead atoms.